The van der Waals surface area contributed by atoms with Gasteiger partial charge in [-0.2, -0.15) is 0 Å². The first-order valence-electron chi connectivity index (χ1n) is 5.05. The Hall–Kier alpha value is -2.63. The fraction of sp³-hybridized carbons (Fsp3) is 0. The molecule has 0 aliphatic rings. The van der Waals surface area contributed by atoms with Crippen LogP contribution in [0.25, 0.3) is 17.2 Å². The standard InChI is InChI=1S/C11H8N6/c1-2-6-13-10(3-1)11-14-16-17(15-11)9-4-7-12-8-5-9/h1-8H. The lowest BCUT2D eigenvalue weighted by Gasteiger charge is -1.95. The number of hydrogen-bond acceptors (Lipinski definition) is 5. The molecular weight excluding hydrogens is 216 g/mol. The summed E-state index contributed by atoms with van der Waals surface area (Å²) in [4.78, 5) is 9.55. The highest BCUT2D eigenvalue weighted by atomic mass is 15.6. The Morgan fingerprint density at radius 1 is 0.941 bits per heavy atom. The highest BCUT2D eigenvalue weighted by Gasteiger charge is 2.07. The second-order valence-electron chi connectivity index (χ2n) is 3.32. The topological polar surface area (TPSA) is 69.4 Å². The van der Waals surface area contributed by atoms with Gasteiger partial charge in [-0.15, -0.1) is 15.0 Å². The van der Waals surface area contributed by atoms with E-state index in [9.17, 15) is 0 Å². The first-order valence-corrected chi connectivity index (χ1v) is 5.05. The van der Waals surface area contributed by atoms with Gasteiger partial charge in [0, 0.05) is 18.6 Å². The Bertz CT molecular complexity index is 550. The van der Waals surface area contributed by atoms with Gasteiger partial charge in [0.15, 0.2) is 0 Å². The van der Waals surface area contributed by atoms with E-state index in [-0.39, 0.29) is 0 Å². The van der Waals surface area contributed by atoms with Gasteiger partial charge in [-0.3, -0.25) is 9.97 Å². The number of rotatable bonds is 2. The summed E-state index contributed by atoms with van der Waals surface area (Å²) < 4.78 is 0. The third kappa shape index (κ3) is 1.87. The predicted octanol–water partition coefficient (Wildman–Crippen LogP) is 1.12. The van der Waals surface area contributed by atoms with E-state index >= 15 is 0 Å². The minimum absolute atomic E-state index is 0.502. The first kappa shape index (κ1) is 9.59. The molecule has 3 aromatic rings. The number of tetrazole rings is 1. The van der Waals surface area contributed by atoms with Crippen molar-refractivity contribution in [3.63, 3.8) is 0 Å². The first-order chi connectivity index (χ1) is 8.43. The van der Waals surface area contributed by atoms with Crippen LogP contribution in [0.15, 0.2) is 48.9 Å². The molecule has 17 heavy (non-hydrogen) atoms. The Morgan fingerprint density at radius 3 is 2.59 bits per heavy atom. The zero-order valence-corrected chi connectivity index (χ0v) is 8.80. The molecule has 0 aromatic carbocycles. The number of hydrogen-bond donors (Lipinski definition) is 0. The molecule has 0 spiro atoms. The van der Waals surface area contributed by atoms with Crippen molar-refractivity contribution in [2.45, 2.75) is 0 Å². The lowest BCUT2D eigenvalue weighted by molar-refractivity contribution is 0.719. The van der Waals surface area contributed by atoms with Crippen LogP contribution in [0.5, 0.6) is 0 Å². The molecule has 0 bridgehead atoms. The average Bonchev–Trinajstić information content (AvgIpc) is 2.90. The molecule has 82 valence electrons. The highest BCUT2D eigenvalue weighted by molar-refractivity contribution is 5.46. The minimum atomic E-state index is 0.502. The summed E-state index contributed by atoms with van der Waals surface area (Å²) in [7, 11) is 0. The quantitative estimate of drug-likeness (QED) is 0.652. The van der Waals surface area contributed by atoms with E-state index < -0.39 is 0 Å². The van der Waals surface area contributed by atoms with E-state index in [1.807, 2.05) is 30.3 Å². The lowest BCUT2D eigenvalue weighted by atomic mass is 10.3. The van der Waals surface area contributed by atoms with Crippen LogP contribution in [-0.4, -0.2) is 30.2 Å². The second-order valence-corrected chi connectivity index (χ2v) is 3.32. The van der Waals surface area contributed by atoms with Crippen molar-refractivity contribution in [3.8, 4) is 17.2 Å². The molecule has 6 heteroatoms. The summed E-state index contributed by atoms with van der Waals surface area (Å²) >= 11 is 0. The summed E-state index contributed by atoms with van der Waals surface area (Å²) in [5.41, 5.74) is 1.52. The molecule has 0 fully saturated rings. The number of pyridine rings is 2. The van der Waals surface area contributed by atoms with Crippen molar-refractivity contribution >= 4 is 0 Å². The maximum atomic E-state index is 4.25. The van der Waals surface area contributed by atoms with Crippen molar-refractivity contribution in [2.75, 3.05) is 0 Å². The zero-order chi connectivity index (χ0) is 11.5. The molecule has 0 amide bonds. The van der Waals surface area contributed by atoms with Gasteiger partial charge in [0.05, 0.1) is 5.69 Å². The van der Waals surface area contributed by atoms with Crippen LogP contribution < -0.4 is 0 Å². The van der Waals surface area contributed by atoms with Crippen LogP contribution in [0.1, 0.15) is 0 Å². The van der Waals surface area contributed by atoms with Gasteiger partial charge < -0.3 is 0 Å². The molecule has 3 aromatic heterocycles. The highest BCUT2D eigenvalue weighted by Crippen LogP contribution is 2.10. The lowest BCUT2D eigenvalue weighted by Crippen LogP contribution is -1.98. The second kappa shape index (κ2) is 4.09. The fourth-order valence-corrected chi connectivity index (χ4v) is 1.40. The van der Waals surface area contributed by atoms with Crippen molar-refractivity contribution in [2.24, 2.45) is 0 Å². The summed E-state index contributed by atoms with van der Waals surface area (Å²) in [6, 6.07) is 9.19. The van der Waals surface area contributed by atoms with Gasteiger partial charge in [0.25, 0.3) is 0 Å². The summed E-state index contributed by atoms with van der Waals surface area (Å²) in [5.74, 6) is 0.502. The van der Waals surface area contributed by atoms with Gasteiger partial charge in [0.2, 0.25) is 5.82 Å². The van der Waals surface area contributed by atoms with Crippen LogP contribution in [0, 0.1) is 0 Å². The molecule has 0 N–H and O–H groups in total. The minimum Gasteiger partial charge on any atom is -0.265 e. The van der Waals surface area contributed by atoms with E-state index in [2.05, 4.69) is 25.4 Å². The van der Waals surface area contributed by atoms with Crippen molar-refractivity contribution in [3.05, 3.63) is 48.9 Å². The molecular formula is C11H8N6. The zero-order valence-electron chi connectivity index (χ0n) is 8.80. The Morgan fingerprint density at radius 2 is 1.82 bits per heavy atom. The normalized spacial score (nSPS) is 10.4. The van der Waals surface area contributed by atoms with Crippen LogP contribution in [-0.2, 0) is 0 Å². The van der Waals surface area contributed by atoms with Crippen molar-refractivity contribution < 1.29 is 0 Å². The van der Waals surface area contributed by atoms with Gasteiger partial charge in [-0.25, -0.2) is 0 Å². The Labute approximate surface area is 97.0 Å². The van der Waals surface area contributed by atoms with E-state index in [0.717, 1.165) is 5.69 Å². The average molecular weight is 224 g/mol. The van der Waals surface area contributed by atoms with Crippen LogP contribution in [0.2, 0.25) is 0 Å². The van der Waals surface area contributed by atoms with Gasteiger partial charge in [-0.05, 0) is 29.5 Å². The van der Waals surface area contributed by atoms with Crippen molar-refractivity contribution in [1.82, 2.24) is 30.2 Å². The third-order valence-electron chi connectivity index (χ3n) is 2.20. The smallest absolute Gasteiger partial charge is 0.223 e. The Balaban J connectivity index is 1.99. The molecule has 6 nitrogen and oxygen atoms in total. The summed E-state index contributed by atoms with van der Waals surface area (Å²) in [5, 5.41) is 12.2. The molecule has 3 heterocycles. The van der Waals surface area contributed by atoms with E-state index in [1.165, 1.54) is 4.80 Å². The molecule has 0 aliphatic carbocycles. The fourth-order valence-electron chi connectivity index (χ4n) is 1.40. The molecule has 0 saturated carbocycles. The van der Waals surface area contributed by atoms with Crippen LogP contribution in [0.3, 0.4) is 0 Å². The third-order valence-corrected chi connectivity index (χ3v) is 2.20. The molecule has 0 radical (unpaired) electrons. The molecule has 0 unspecified atom stereocenters. The largest absolute Gasteiger partial charge is 0.265 e. The summed E-state index contributed by atoms with van der Waals surface area (Å²) in [6.07, 6.45) is 5.06. The van der Waals surface area contributed by atoms with Gasteiger partial charge in [0.1, 0.15) is 5.69 Å². The van der Waals surface area contributed by atoms with E-state index in [4.69, 9.17) is 0 Å². The molecule has 0 atom stereocenters. The van der Waals surface area contributed by atoms with E-state index in [0.29, 0.717) is 11.5 Å². The van der Waals surface area contributed by atoms with Crippen LogP contribution >= 0.6 is 0 Å². The predicted molar refractivity (Wildman–Crippen MR) is 60.2 cm³/mol. The Kier molecular flexibility index (Phi) is 2.31. The molecule has 0 saturated heterocycles. The van der Waals surface area contributed by atoms with Crippen LogP contribution in [0.4, 0.5) is 0 Å². The SMILES string of the molecule is c1ccc(-c2nnn(-c3ccncc3)n2)nc1. The number of aromatic nitrogens is 6. The van der Waals surface area contributed by atoms with Gasteiger partial charge >= 0.3 is 0 Å². The maximum Gasteiger partial charge on any atom is 0.223 e. The molecule has 3 rings (SSSR count). The van der Waals surface area contributed by atoms with Crippen molar-refractivity contribution in [1.29, 1.82) is 0 Å². The van der Waals surface area contributed by atoms with E-state index in [1.54, 1.807) is 18.6 Å². The van der Waals surface area contributed by atoms with Gasteiger partial charge in [-0.1, -0.05) is 6.07 Å². The maximum absolute atomic E-state index is 4.25. The number of nitrogens with zero attached hydrogens (tertiary/aromatic N) is 6. The monoisotopic (exact) mass is 224 g/mol. The molecule has 0 aliphatic heterocycles. The summed E-state index contributed by atoms with van der Waals surface area (Å²) in [6.45, 7) is 0.